The van der Waals surface area contributed by atoms with Gasteiger partial charge in [-0.3, -0.25) is 9.48 Å². The maximum absolute atomic E-state index is 12.7. The molecule has 1 aliphatic carbocycles. The van der Waals surface area contributed by atoms with Crippen molar-refractivity contribution < 1.29 is 19.4 Å². The molecule has 1 unspecified atom stereocenters. The number of aromatic nitrogens is 2. The first-order valence-corrected chi connectivity index (χ1v) is 9.55. The lowest BCUT2D eigenvalue weighted by molar-refractivity contribution is 0.102. The minimum absolute atomic E-state index is 0.116. The molecular formula is C21H27N3O4. The van der Waals surface area contributed by atoms with Gasteiger partial charge in [0.1, 0.15) is 17.6 Å². The summed E-state index contributed by atoms with van der Waals surface area (Å²) in [6, 6.07) is 6.82. The van der Waals surface area contributed by atoms with Gasteiger partial charge in [-0.25, -0.2) is 0 Å². The molecule has 1 aromatic carbocycles. The Labute approximate surface area is 165 Å². The number of anilines is 1. The molecule has 3 rings (SSSR count). The van der Waals surface area contributed by atoms with Crippen LogP contribution in [0.3, 0.4) is 0 Å². The molecule has 150 valence electrons. The molecule has 0 radical (unpaired) electrons. The average Bonchev–Trinajstić information content (AvgIpc) is 3.11. The van der Waals surface area contributed by atoms with Crippen LogP contribution in [0.25, 0.3) is 0 Å². The van der Waals surface area contributed by atoms with Crippen molar-refractivity contribution in [2.75, 3.05) is 18.5 Å². The van der Waals surface area contributed by atoms with E-state index in [4.69, 9.17) is 9.47 Å². The van der Waals surface area contributed by atoms with Gasteiger partial charge < -0.3 is 19.9 Å². The normalized spacial score (nSPS) is 17.2. The second-order valence-corrected chi connectivity index (χ2v) is 7.09. The Morgan fingerprint density at radius 2 is 2.18 bits per heavy atom. The predicted octanol–water partition coefficient (Wildman–Crippen LogP) is 3.17. The maximum Gasteiger partial charge on any atom is 0.257 e. The van der Waals surface area contributed by atoms with Crippen LogP contribution in [-0.2, 0) is 7.05 Å². The number of aliphatic hydroxyl groups is 1. The van der Waals surface area contributed by atoms with E-state index in [1.165, 1.54) is 0 Å². The number of benzene rings is 1. The van der Waals surface area contributed by atoms with Crippen molar-refractivity contribution in [2.45, 2.75) is 32.3 Å². The van der Waals surface area contributed by atoms with Crippen LogP contribution in [0.1, 0.15) is 36.5 Å². The van der Waals surface area contributed by atoms with Gasteiger partial charge in [0, 0.05) is 30.9 Å². The Morgan fingerprint density at radius 3 is 2.86 bits per heavy atom. The first kappa shape index (κ1) is 19.9. The topological polar surface area (TPSA) is 85.6 Å². The predicted molar refractivity (Wildman–Crippen MR) is 107 cm³/mol. The fourth-order valence-electron chi connectivity index (χ4n) is 3.02. The van der Waals surface area contributed by atoms with Gasteiger partial charge in [-0.15, -0.1) is 0 Å². The number of carbonyl (C=O) groups excluding carboxylic acids is 1. The minimum Gasteiger partial charge on any atom is -0.493 e. The number of aliphatic hydroxyl groups excluding tert-OH is 1. The van der Waals surface area contributed by atoms with Gasteiger partial charge in [0.05, 0.1) is 13.2 Å². The van der Waals surface area contributed by atoms with Crippen LogP contribution in [-0.4, -0.2) is 40.1 Å². The minimum atomic E-state index is -0.384. The van der Waals surface area contributed by atoms with E-state index in [0.717, 1.165) is 19.3 Å². The Bertz CT molecular complexity index is 831. The highest BCUT2D eigenvalue weighted by molar-refractivity contribution is 6.04. The summed E-state index contributed by atoms with van der Waals surface area (Å²) < 4.78 is 13.3. The maximum atomic E-state index is 12.7. The van der Waals surface area contributed by atoms with Gasteiger partial charge in [0.15, 0.2) is 5.82 Å². The van der Waals surface area contributed by atoms with Crippen molar-refractivity contribution in [1.29, 1.82) is 0 Å². The van der Waals surface area contributed by atoms with Gasteiger partial charge in [-0.2, -0.15) is 5.10 Å². The van der Waals surface area contributed by atoms with E-state index < -0.39 is 0 Å². The molecule has 2 aromatic rings. The first-order valence-electron chi connectivity index (χ1n) is 9.55. The number of hydrogen-bond donors (Lipinski definition) is 2. The zero-order valence-corrected chi connectivity index (χ0v) is 16.3. The van der Waals surface area contributed by atoms with E-state index in [1.807, 2.05) is 0 Å². The molecule has 1 aromatic heterocycles. The average molecular weight is 385 g/mol. The molecule has 0 aliphatic heterocycles. The molecule has 1 heterocycles. The third-order valence-electron chi connectivity index (χ3n) is 4.56. The first-order chi connectivity index (χ1) is 13.5. The Morgan fingerprint density at radius 1 is 1.36 bits per heavy atom. The Kier molecular flexibility index (Phi) is 6.71. The van der Waals surface area contributed by atoms with Crippen molar-refractivity contribution in [1.82, 2.24) is 9.78 Å². The zero-order valence-electron chi connectivity index (χ0n) is 16.3. The fraction of sp³-hybridized carbons (Fsp3) is 0.429. The van der Waals surface area contributed by atoms with Gasteiger partial charge in [0.2, 0.25) is 0 Å². The van der Waals surface area contributed by atoms with E-state index in [-0.39, 0.29) is 18.6 Å². The number of carbonyl (C=O) groups is 1. The summed E-state index contributed by atoms with van der Waals surface area (Å²) in [6.07, 6.45) is 8.93. The smallest absolute Gasteiger partial charge is 0.257 e. The summed E-state index contributed by atoms with van der Waals surface area (Å²) >= 11 is 0. The second-order valence-electron chi connectivity index (χ2n) is 7.09. The van der Waals surface area contributed by atoms with Crippen LogP contribution in [0.15, 0.2) is 42.6 Å². The molecule has 1 aliphatic rings. The van der Waals surface area contributed by atoms with Gasteiger partial charge in [0.25, 0.3) is 5.91 Å². The summed E-state index contributed by atoms with van der Waals surface area (Å²) in [5, 5.41) is 16.2. The summed E-state index contributed by atoms with van der Waals surface area (Å²) in [7, 11) is 1.78. The van der Waals surface area contributed by atoms with Crippen molar-refractivity contribution in [3.8, 4) is 11.5 Å². The lowest BCUT2D eigenvalue weighted by Gasteiger charge is -2.19. The van der Waals surface area contributed by atoms with Crippen LogP contribution in [0.4, 0.5) is 5.82 Å². The van der Waals surface area contributed by atoms with E-state index >= 15 is 0 Å². The Hall–Kier alpha value is -2.80. The van der Waals surface area contributed by atoms with E-state index in [2.05, 4.69) is 22.6 Å². The third-order valence-corrected chi connectivity index (χ3v) is 4.56. The number of amides is 1. The van der Waals surface area contributed by atoms with Crippen LogP contribution in [0, 0.1) is 5.92 Å². The molecule has 7 heteroatoms. The summed E-state index contributed by atoms with van der Waals surface area (Å²) in [5.41, 5.74) is 0.409. The van der Waals surface area contributed by atoms with Crippen LogP contribution in [0.2, 0.25) is 0 Å². The Balaban J connectivity index is 1.75. The van der Waals surface area contributed by atoms with Crippen molar-refractivity contribution >= 4 is 11.7 Å². The highest BCUT2D eigenvalue weighted by Gasteiger charge is 2.15. The number of allylic oxidation sites excluding steroid dienone is 2. The number of ether oxygens (including phenoxy) is 2. The molecule has 2 N–H and O–H groups in total. The SMILES string of the molecule is C[C@@H](CO)Oc1cc(OCC2CC=CCC2)cc(C(=O)Nc2ccn(C)n2)c1. The molecule has 0 saturated heterocycles. The summed E-state index contributed by atoms with van der Waals surface area (Å²) in [5.74, 6) is 1.69. The highest BCUT2D eigenvalue weighted by atomic mass is 16.5. The van der Waals surface area contributed by atoms with Crippen LogP contribution < -0.4 is 14.8 Å². The highest BCUT2D eigenvalue weighted by Crippen LogP contribution is 2.26. The number of rotatable bonds is 8. The number of aryl methyl sites for hydroxylation is 1. The van der Waals surface area contributed by atoms with Gasteiger partial charge >= 0.3 is 0 Å². The van der Waals surface area contributed by atoms with Crippen molar-refractivity contribution in [2.24, 2.45) is 13.0 Å². The van der Waals surface area contributed by atoms with E-state index in [1.54, 1.807) is 49.1 Å². The van der Waals surface area contributed by atoms with Gasteiger partial charge in [-0.1, -0.05) is 12.2 Å². The molecule has 1 amide bonds. The number of nitrogens with one attached hydrogen (secondary N) is 1. The lowest BCUT2D eigenvalue weighted by atomic mass is 9.95. The summed E-state index contributed by atoms with van der Waals surface area (Å²) in [6.45, 7) is 2.23. The molecule has 2 atom stereocenters. The largest absolute Gasteiger partial charge is 0.493 e. The molecule has 0 bridgehead atoms. The number of nitrogens with zero attached hydrogens (tertiary/aromatic N) is 2. The molecule has 28 heavy (non-hydrogen) atoms. The van der Waals surface area contributed by atoms with E-state index in [0.29, 0.717) is 35.4 Å². The van der Waals surface area contributed by atoms with Crippen molar-refractivity contribution in [3.05, 3.63) is 48.2 Å². The van der Waals surface area contributed by atoms with Crippen molar-refractivity contribution in [3.63, 3.8) is 0 Å². The quantitative estimate of drug-likeness (QED) is 0.682. The lowest BCUT2D eigenvalue weighted by Crippen LogP contribution is -2.18. The summed E-state index contributed by atoms with van der Waals surface area (Å²) in [4.78, 5) is 12.7. The third kappa shape index (κ3) is 5.60. The van der Waals surface area contributed by atoms with Crippen LogP contribution >= 0.6 is 0 Å². The fourth-order valence-corrected chi connectivity index (χ4v) is 3.02. The van der Waals surface area contributed by atoms with E-state index in [9.17, 15) is 9.90 Å². The van der Waals surface area contributed by atoms with Crippen LogP contribution in [0.5, 0.6) is 11.5 Å². The monoisotopic (exact) mass is 385 g/mol. The molecular weight excluding hydrogens is 358 g/mol. The number of hydrogen-bond acceptors (Lipinski definition) is 5. The molecule has 0 saturated carbocycles. The second kappa shape index (κ2) is 9.41. The molecule has 0 spiro atoms. The molecule has 0 fully saturated rings. The zero-order chi connectivity index (χ0) is 19.9. The van der Waals surface area contributed by atoms with Gasteiger partial charge in [-0.05, 0) is 44.2 Å². The molecule has 7 nitrogen and oxygen atoms in total. The standard InChI is InChI=1S/C21H27N3O4/c1-15(13-25)28-19-11-17(21(26)22-20-8-9-24(2)23-20)10-18(12-19)27-14-16-6-4-3-5-7-16/h3-4,8-12,15-16,25H,5-7,13-14H2,1-2H3,(H,22,23,26)/t15-,16?/m0/s1.